The quantitative estimate of drug-likeness (QED) is 0.479. The number of oxime groups is 2. The van der Waals surface area contributed by atoms with Crippen LogP contribution in [0.15, 0.2) is 58.8 Å². The number of carbonyl (C=O) groups excluding carboxylic acids is 1. The highest BCUT2D eigenvalue weighted by atomic mass is 19.4. The normalized spacial score (nSPS) is 18.8. The summed E-state index contributed by atoms with van der Waals surface area (Å²) in [5.41, 5.74) is 2.07. The van der Waals surface area contributed by atoms with Gasteiger partial charge in [0.1, 0.15) is 13.7 Å². The van der Waals surface area contributed by atoms with Crippen molar-refractivity contribution in [2.75, 3.05) is 14.2 Å². The summed E-state index contributed by atoms with van der Waals surface area (Å²) >= 11 is 0. The molecule has 2 unspecified atom stereocenters. The van der Waals surface area contributed by atoms with Crippen LogP contribution in [-0.4, -0.2) is 31.5 Å². The first-order valence-electron chi connectivity index (χ1n) is 10.0. The first-order valence-corrected chi connectivity index (χ1v) is 10.0. The first-order chi connectivity index (χ1) is 15.3. The number of carbonyl (C=O) groups is 1. The Morgan fingerprint density at radius 3 is 2.59 bits per heavy atom. The molecule has 0 spiro atoms. The molecule has 0 heterocycles. The van der Waals surface area contributed by atoms with Gasteiger partial charge >= 0.3 is 6.18 Å². The summed E-state index contributed by atoms with van der Waals surface area (Å²) in [6, 6.07) is 12.5. The van der Waals surface area contributed by atoms with Crippen molar-refractivity contribution in [1.82, 2.24) is 5.32 Å². The van der Waals surface area contributed by atoms with E-state index in [0.29, 0.717) is 22.4 Å². The van der Waals surface area contributed by atoms with E-state index in [4.69, 9.17) is 9.68 Å². The molecule has 1 N–H and O–H groups in total. The van der Waals surface area contributed by atoms with Crippen LogP contribution in [-0.2, 0) is 27.3 Å². The van der Waals surface area contributed by atoms with Gasteiger partial charge in [-0.2, -0.15) is 13.2 Å². The van der Waals surface area contributed by atoms with Crippen LogP contribution in [0.1, 0.15) is 41.5 Å². The third-order valence-electron chi connectivity index (χ3n) is 5.29. The van der Waals surface area contributed by atoms with E-state index in [1.807, 2.05) is 0 Å². The molecule has 32 heavy (non-hydrogen) atoms. The van der Waals surface area contributed by atoms with Crippen molar-refractivity contribution < 1.29 is 27.6 Å². The zero-order chi connectivity index (χ0) is 23.3. The van der Waals surface area contributed by atoms with Crippen molar-refractivity contribution in [3.63, 3.8) is 0 Å². The van der Waals surface area contributed by atoms with Crippen LogP contribution in [0.4, 0.5) is 13.2 Å². The molecule has 170 valence electrons. The second kappa shape index (κ2) is 9.84. The van der Waals surface area contributed by atoms with Gasteiger partial charge in [-0.15, -0.1) is 0 Å². The summed E-state index contributed by atoms with van der Waals surface area (Å²) < 4.78 is 38.9. The molecule has 0 aliphatic heterocycles. The van der Waals surface area contributed by atoms with Crippen LogP contribution < -0.4 is 5.32 Å². The topological polar surface area (TPSA) is 72.3 Å². The number of rotatable bonds is 8. The molecule has 9 heteroatoms. The standard InChI is InChI=1S/C23H24F3N3O3/c1-14(19-12-20(19)15-8-6-9-17(11-15)23(24,25)26)28-32-13-16-7-4-5-10-18(16)21(29-31-3)22(30)27-2/h4-11,19-20H,12-13H2,1-3H3,(H,27,30). The Labute approximate surface area is 184 Å². The zero-order valence-electron chi connectivity index (χ0n) is 17.9. The van der Waals surface area contributed by atoms with E-state index in [-0.39, 0.29) is 24.2 Å². The summed E-state index contributed by atoms with van der Waals surface area (Å²) in [5, 5.41) is 10.5. The molecule has 1 amide bonds. The maximum Gasteiger partial charge on any atom is 0.416 e. The summed E-state index contributed by atoms with van der Waals surface area (Å²) in [6.07, 6.45) is -3.64. The van der Waals surface area contributed by atoms with Crippen molar-refractivity contribution in [3.8, 4) is 0 Å². The minimum atomic E-state index is -4.36. The van der Waals surface area contributed by atoms with E-state index in [9.17, 15) is 18.0 Å². The lowest BCUT2D eigenvalue weighted by atomic mass is 10.0. The van der Waals surface area contributed by atoms with E-state index < -0.39 is 17.6 Å². The van der Waals surface area contributed by atoms with E-state index in [0.717, 1.165) is 12.5 Å². The Balaban J connectivity index is 1.67. The Hall–Kier alpha value is -3.36. The lowest BCUT2D eigenvalue weighted by Gasteiger charge is -2.10. The third kappa shape index (κ3) is 5.46. The average molecular weight is 447 g/mol. The molecule has 1 fully saturated rings. The molecule has 6 nitrogen and oxygen atoms in total. The summed E-state index contributed by atoms with van der Waals surface area (Å²) in [6.45, 7) is 1.89. The fourth-order valence-electron chi connectivity index (χ4n) is 3.54. The highest BCUT2D eigenvalue weighted by molar-refractivity contribution is 6.45. The lowest BCUT2D eigenvalue weighted by molar-refractivity contribution is -0.137. The van der Waals surface area contributed by atoms with Crippen molar-refractivity contribution >= 4 is 17.3 Å². The smallest absolute Gasteiger partial charge is 0.398 e. The Bertz CT molecular complexity index is 1030. The van der Waals surface area contributed by atoms with Gasteiger partial charge in [0, 0.05) is 24.1 Å². The number of nitrogens with one attached hydrogen (secondary N) is 1. The minimum Gasteiger partial charge on any atom is -0.398 e. The Kier molecular flexibility index (Phi) is 7.17. The number of nitrogens with zero attached hydrogens (tertiary/aromatic N) is 2. The van der Waals surface area contributed by atoms with Gasteiger partial charge in [-0.3, -0.25) is 4.79 Å². The molecule has 1 aliphatic carbocycles. The van der Waals surface area contributed by atoms with E-state index in [1.165, 1.54) is 26.3 Å². The lowest BCUT2D eigenvalue weighted by Crippen LogP contribution is -2.29. The number of hydrogen-bond acceptors (Lipinski definition) is 5. The first kappa shape index (κ1) is 23.3. The maximum absolute atomic E-state index is 13.0. The number of amides is 1. The molecule has 2 aromatic carbocycles. The largest absolute Gasteiger partial charge is 0.416 e. The van der Waals surface area contributed by atoms with Gasteiger partial charge in [-0.05, 0) is 30.9 Å². The van der Waals surface area contributed by atoms with Gasteiger partial charge < -0.3 is 15.0 Å². The number of likely N-dealkylation sites (N-methyl/N-ethyl adjacent to an activating group) is 1. The summed E-state index contributed by atoms with van der Waals surface area (Å²) in [7, 11) is 2.85. The van der Waals surface area contributed by atoms with E-state index >= 15 is 0 Å². The van der Waals surface area contributed by atoms with Crippen LogP contribution in [0.25, 0.3) is 0 Å². The molecular formula is C23H24F3N3O3. The highest BCUT2D eigenvalue weighted by Crippen LogP contribution is 2.49. The SMILES string of the molecule is CNC(=O)C(=NOC)c1ccccc1CON=C(C)C1CC1c1cccc(C(F)(F)F)c1. The number of benzene rings is 2. The van der Waals surface area contributed by atoms with Crippen molar-refractivity contribution in [3.05, 3.63) is 70.8 Å². The van der Waals surface area contributed by atoms with Gasteiger partial charge in [0.15, 0.2) is 5.71 Å². The van der Waals surface area contributed by atoms with Crippen LogP contribution in [0.2, 0.25) is 0 Å². The second-order valence-electron chi connectivity index (χ2n) is 7.44. The average Bonchev–Trinajstić information content (AvgIpc) is 3.58. The monoisotopic (exact) mass is 447 g/mol. The maximum atomic E-state index is 13.0. The second-order valence-corrected chi connectivity index (χ2v) is 7.44. The molecular weight excluding hydrogens is 423 g/mol. The van der Waals surface area contributed by atoms with Gasteiger partial charge in [0.2, 0.25) is 0 Å². The van der Waals surface area contributed by atoms with E-state index in [1.54, 1.807) is 37.3 Å². The highest BCUT2D eigenvalue weighted by Gasteiger charge is 2.42. The molecule has 0 aromatic heterocycles. The molecule has 1 aliphatic rings. The van der Waals surface area contributed by atoms with Crippen LogP contribution in [0, 0.1) is 5.92 Å². The molecule has 2 atom stereocenters. The molecule has 0 bridgehead atoms. The minimum absolute atomic E-state index is 0.00868. The fourth-order valence-corrected chi connectivity index (χ4v) is 3.54. The molecule has 1 saturated carbocycles. The van der Waals surface area contributed by atoms with Gasteiger partial charge in [0.25, 0.3) is 5.91 Å². The van der Waals surface area contributed by atoms with Gasteiger partial charge in [-0.1, -0.05) is 52.8 Å². The third-order valence-corrected chi connectivity index (χ3v) is 5.29. The van der Waals surface area contributed by atoms with Crippen LogP contribution in [0.5, 0.6) is 0 Å². The molecule has 3 rings (SSSR count). The number of alkyl halides is 3. The van der Waals surface area contributed by atoms with Gasteiger partial charge in [0.05, 0.1) is 11.3 Å². The fraction of sp³-hybridized carbons (Fsp3) is 0.348. The molecule has 2 aromatic rings. The number of hydrogen-bond donors (Lipinski definition) is 1. The van der Waals surface area contributed by atoms with Gasteiger partial charge in [-0.25, -0.2) is 0 Å². The molecule has 0 radical (unpaired) electrons. The van der Waals surface area contributed by atoms with Crippen molar-refractivity contribution in [1.29, 1.82) is 0 Å². The Morgan fingerprint density at radius 1 is 1.16 bits per heavy atom. The predicted molar refractivity (Wildman–Crippen MR) is 114 cm³/mol. The molecule has 0 saturated heterocycles. The van der Waals surface area contributed by atoms with Crippen LogP contribution in [0.3, 0.4) is 0 Å². The zero-order valence-corrected chi connectivity index (χ0v) is 17.9. The summed E-state index contributed by atoms with van der Waals surface area (Å²) in [4.78, 5) is 22.4. The van der Waals surface area contributed by atoms with Crippen LogP contribution >= 0.6 is 0 Å². The van der Waals surface area contributed by atoms with E-state index in [2.05, 4.69) is 15.6 Å². The summed E-state index contributed by atoms with van der Waals surface area (Å²) in [5.74, 6) is -0.378. The predicted octanol–water partition coefficient (Wildman–Crippen LogP) is 4.50. The number of halogens is 3. The van der Waals surface area contributed by atoms with Crippen molar-refractivity contribution in [2.24, 2.45) is 16.2 Å². The van der Waals surface area contributed by atoms with Crippen molar-refractivity contribution in [2.45, 2.75) is 32.0 Å². The Morgan fingerprint density at radius 2 is 1.91 bits per heavy atom.